The molecule has 0 spiro atoms. The van der Waals surface area contributed by atoms with Gasteiger partial charge in [0, 0.05) is 6.04 Å². The molecule has 1 N–H and O–H groups in total. The molecule has 1 aromatic carbocycles. The Bertz CT molecular complexity index is 484. The van der Waals surface area contributed by atoms with E-state index < -0.39 is 6.09 Å². The molecule has 5 nitrogen and oxygen atoms in total. The normalized spacial score (nSPS) is 13.5. The number of nitrogens with one attached hydrogen (secondary N) is 1. The first-order valence-corrected chi connectivity index (χ1v) is 6.76. The van der Waals surface area contributed by atoms with Crippen molar-refractivity contribution in [3.8, 4) is 0 Å². The second-order valence-corrected chi connectivity index (χ2v) is 4.69. The summed E-state index contributed by atoms with van der Waals surface area (Å²) in [5.74, 6) is -0.662. The third-order valence-corrected chi connectivity index (χ3v) is 2.82. The Hall–Kier alpha value is -2.30. The van der Waals surface area contributed by atoms with E-state index in [1.54, 1.807) is 26.0 Å². The van der Waals surface area contributed by atoms with E-state index in [1.807, 2.05) is 30.3 Å². The van der Waals surface area contributed by atoms with E-state index in [1.165, 1.54) is 7.11 Å². The number of benzene rings is 1. The minimum absolute atomic E-state index is 0.224. The van der Waals surface area contributed by atoms with Gasteiger partial charge in [0.1, 0.15) is 6.61 Å². The van der Waals surface area contributed by atoms with Crippen molar-refractivity contribution in [1.82, 2.24) is 5.32 Å². The highest BCUT2D eigenvalue weighted by atomic mass is 16.5. The van der Waals surface area contributed by atoms with Crippen LogP contribution in [0.15, 0.2) is 42.5 Å². The van der Waals surface area contributed by atoms with E-state index >= 15 is 0 Å². The Morgan fingerprint density at radius 3 is 2.48 bits per heavy atom. The lowest BCUT2D eigenvalue weighted by atomic mass is 10.1. The minimum Gasteiger partial charge on any atom is -0.469 e. The number of ether oxygens (including phenoxy) is 2. The molecular formula is C16H21NO4. The van der Waals surface area contributed by atoms with E-state index in [0.717, 1.165) is 5.56 Å². The lowest BCUT2D eigenvalue weighted by Gasteiger charge is -2.11. The number of hydrogen-bond acceptors (Lipinski definition) is 4. The van der Waals surface area contributed by atoms with Gasteiger partial charge in [-0.25, -0.2) is 4.79 Å². The van der Waals surface area contributed by atoms with Gasteiger partial charge in [0.05, 0.1) is 13.0 Å². The first-order chi connectivity index (χ1) is 10.0. The summed E-state index contributed by atoms with van der Waals surface area (Å²) in [5.41, 5.74) is 0.926. The van der Waals surface area contributed by atoms with Crippen LogP contribution in [0.25, 0.3) is 0 Å². The third kappa shape index (κ3) is 6.61. The fraction of sp³-hybridized carbons (Fsp3) is 0.375. The maximum atomic E-state index is 11.6. The molecule has 21 heavy (non-hydrogen) atoms. The molecule has 0 aliphatic carbocycles. The molecule has 1 aromatic rings. The van der Waals surface area contributed by atoms with Crippen molar-refractivity contribution in [2.45, 2.75) is 26.5 Å². The van der Waals surface area contributed by atoms with Gasteiger partial charge in [0.15, 0.2) is 0 Å². The molecule has 1 rings (SSSR count). The molecule has 114 valence electrons. The van der Waals surface area contributed by atoms with Gasteiger partial charge in [-0.05, 0) is 19.4 Å². The highest BCUT2D eigenvalue weighted by Gasteiger charge is 2.10. The smallest absolute Gasteiger partial charge is 0.407 e. The third-order valence-electron chi connectivity index (χ3n) is 2.82. The van der Waals surface area contributed by atoms with Crippen LogP contribution in [-0.2, 0) is 20.9 Å². The van der Waals surface area contributed by atoms with Gasteiger partial charge >= 0.3 is 12.1 Å². The van der Waals surface area contributed by atoms with Crippen LogP contribution in [0.2, 0.25) is 0 Å². The standard InChI is InChI=1S/C16H21NO4/c1-12(15(18)20-3)9-10-13(2)17-16(19)21-11-14-7-5-4-6-8-14/h4-10,12-13H,11H2,1-3H3,(H,17,19)/t12-,13-/m0/s1. The molecule has 0 radical (unpaired) electrons. The molecule has 2 atom stereocenters. The van der Waals surface area contributed by atoms with Gasteiger partial charge in [-0.3, -0.25) is 4.79 Å². The van der Waals surface area contributed by atoms with E-state index in [9.17, 15) is 9.59 Å². The summed E-state index contributed by atoms with van der Waals surface area (Å²) in [6.07, 6.45) is 2.92. The Morgan fingerprint density at radius 2 is 1.86 bits per heavy atom. The van der Waals surface area contributed by atoms with Gasteiger partial charge in [0.2, 0.25) is 0 Å². The summed E-state index contributed by atoms with van der Waals surface area (Å²) in [6, 6.07) is 9.20. The maximum Gasteiger partial charge on any atom is 0.407 e. The summed E-state index contributed by atoms with van der Waals surface area (Å²) in [7, 11) is 1.34. The number of esters is 1. The predicted octanol–water partition coefficient (Wildman–Crippen LogP) is 2.67. The largest absolute Gasteiger partial charge is 0.469 e. The number of methoxy groups -OCH3 is 1. The van der Waals surface area contributed by atoms with Gasteiger partial charge < -0.3 is 14.8 Å². The molecule has 0 unspecified atom stereocenters. The first kappa shape index (κ1) is 16.8. The second-order valence-electron chi connectivity index (χ2n) is 4.69. The lowest BCUT2D eigenvalue weighted by molar-refractivity contribution is -0.143. The van der Waals surface area contributed by atoms with Crippen molar-refractivity contribution in [3.05, 3.63) is 48.0 Å². The lowest BCUT2D eigenvalue weighted by Crippen LogP contribution is -2.31. The Balaban J connectivity index is 2.33. The second kappa shape index (κ2) is 8.79. The quantitative estimate of drug-likeness (QED) is 0.646. The first-order valence-electron chi connectivity index (χ1n) is 6.76. The predicted molar refractivity (Wildman–Crippen MR) is 79.5 cm³/mol. The van der Waals surface area contributed by atoms with E-state index in [4.69, 9.17) is 4.74 Å². The summed E-state index contributed by atoms with van der Waals surface area (Å²) in [5, 5.41) is 2.66. The molecule has 0 bridgehead atoms. The molecule has 5 heteroatoms. The number of carbonyl (C=O) groups is 2. The highest BCUT2D eigenvalue weighted by Crippen LogP contribution is 2.02. The van der Waals surface area contributed by atoms with Crippen LogP contribution < -0.4 is 5.32 Å². The Morgan fingerprint density at radius 1 is 1.19 bits per heavy atom. The van der Waals surface area contributed by atoms with Crippen LogP contribution in [0.3, 0.4) is 0 Å². The summed E-state index contributed by atoms with van der Waals surface area (Å²) < 4.78 is 9.71. The summed E-state index contributed by atoms with van der Waals surface area (Å²) >= 11 is 0. The average Bonchev–Trinajstić information content (AvgIpc) is 2.50. The van der Waals surface area contributed by atoms with Crippen molar-refractivity contribution in [2.24, 2.45) is 5.92 Å². The minimum atomic E-state index is -0.498. The van der Waals surface area contributed by atoms with Crippen LogP contribution in [0, 0.1) is 5.92 Å². The zero-order chi connectivity index (χ0) is 15.7. The van der Waals surface area contributed by atoms with Crippen LogP contribution in [0.4, 0.5) is 4.79 Å². The topological polar surface area (TPSA) is 64.6 Å². The molecule has 0 fully saturated rings. The number of hydrogen-bond donors (Lipinski definition) is 1. The molecule has 0 saturated heterocycles. The molecular weight excluding hydrogens is 270 g/mol. The van der Waals surface area contributed by atoms with Crippen molar-refractivity contribution in [3.63, 3.8) is 0 Å². The van der Waals surface area contributed by atoms with E-state index in [2.05, 4.69) is 10.1 Å². The van der Waals surface area contributed by atoms with E-state index in [-0.39, 0.29) is 24.5 Å². The number of carbonyl (C=O) groups excluding carboxylic acids is 2. The van der Waals surface area contributed by atoms with Crippen molar-refractivity contribution >= 4 is 12.1 Å². The van der Waals surface area contributed by atoms with Gasteiger partial charge in [0.25, 0.3) is 0 Å². The molecule has 0 aliphatic heterocycles. The molecule has 0 aromatic heterocycles. The summed E-state index contributed by atoms with van der Waals surface area (Å²) in [4.78, 5) is 22.8. The Labute approximate surface area is 124 Å². The number of alkyl carbamates (subject to hydrolysis) is 1. The zero-order valence-electron chi connectivity index (χ0n) is 12.5. The maximum absolute atomic E-state index is 11.6. The SMILES string of the molecule is COC(=O)[C@@H](C)C=C[C@H](C)NC(=O)OCc1ccccc1. The van der Waals surface area contributed by atoms with Crippen LogP contribution in [-0.4, -0.2) is 25.2 Å². The van der Waals surface area contributed by atoms with Crippen molar-refractivity contribution in [1.29, 1.82) is 0 Å². The van der Waals surface area contributed by atoms with Gasteiger partial charge in [-0.15, -0.1) is 0 Å². The average molecular weight is 291 g/mol. The fourth-order valence-corrected chi connectivity index (χ4v) is 1.60. The number of amides is 1. The highest BCUT2D eigenvalue weighted by molar-refractivity contribution is 5.73. The van der Waals surface area contributed by atoms with Crippen LogP contribution in [0.5, 0.6) is 0 Å². The van der Waals surface area contributed by atoms with Crippen molar-refractivity contribution < 1.29 is 19.1 Å². The van der Waals surface area contributed by atoms with Crippen LogP contribution in [0.1, 0.15) is 19.4 Å². The zero-order valence-corrected chi connectivity index (χ0v) is 12.5. The molecule has 0 saturated carbocycles. The van der Waals surface area contributed by atoms with Gasteiger partial charge in [-0.2, -0.15) is 0 Å². The Kier molecular flexibility index (Phi) is 7.01. The number of rotatable bonds is 6. The molecule has 0 heterocycles. The van der Waals surface area contributed by atoms with Crippen LogP contribution >= 0.6 is 0 Å². The molecule has 1 amide bonds. The monoisotopic (exact) mass is 291 g/mol. The van der Waals surface area contributed by atoms with E-state index in [0.29, 0.717) is 0 Å². The fourth-order valence-electron chi connectivity index (χ4n) is 1.60. The van der Waals surface area contributed by atoms with Gasteiger partial charge in [-0.1, -0.05) is 42.5 Å². The molecule has 0 aliphatic rings. The summed E-state index contributed by atoms with van der Waals surface area (Å²) in [6.45, 7) is 3.74. The van der Waals surface area contributed by atoms with Crippen molar-refractivity contribution in [2.75, 3.05) is 7.11 Å².